The summed E-state index contributed by atoms with van der Waals surface area (Å²) in [6, 6.07) is 0. The second kappa shape index (κ2) is 9.25. The summed E-state index contributed by atoms with van der Waals surface area (Å²) in [4.78, 5) is 22.5. The molecule has 0 atom stereocenters. The fraction of sp³-hybridized carbons (Fsp3) is 0.643. The van der Waals surface area contributed by atoms with Gasteiger partial charge in [-0.05, 0) is 12.8 Å². The Morgan fingerprint density at radius 1 is 1.25 bits per heavy atom. The van der Waals surface area contributed by atoms with E-state index in [0.717, 1.165) is 25.9 Å². The van der Waals surface area contributed by atoms with Gasteiger partial charge < -0.3 is 15.0 Å². The third kappa shape index (κ3) is 5.13. The molecule has 0 saturated carbocycles. The minimum atomic E-state index is -0.175. The number of anilines is 1. The van der Waals surface area contributed by atoms with Crippen molar-refractivity contribution in [2.75, 3.05) is 38.3 Å². The van der Waals surface area contributed by atoms with E-state index in [2.05, 4.69) is 34.0 Å². The van der Waals surface area contributed by atoms with E-state index >= 15 is 0 Å². The maximum atomic E-state index is 11.8. The molecule has 0 aliphatic heterocycles. The number of nitrogens with one attached hydrogen (secondary N) is 1. The molecule has 1 N–H and O–H groups in total. The average molecular weight is 280 g/mol. The lowest BCUT2D eigenvalue weighted by atomic mass is 10.3. The topological polar surface area (TPSA) is 67.4 Å². The van der Waals surface area contributed by atoms with Crippen molar-refractivity contribution in [1.82, 2.24) is 15.3 Å². The minimum Gasteiger partial charge on any atom is -0.383 e. The molecular weight excluding hydrogens is 256 g/mol. The van der Waals surface area contributed by atoms with E-state index in [-0.39, 0.29) is 5.91 Å². The van der Waals surface area contributed by atoms with Crippen molar-refractivity contribution in [2.24, 2.45) is 0 Å². The number of aromatic nitrogens is 2. The quantitative estimate of drug-likeness (QED) is 0.694. The number of amides is 1. The number of methoxy groups -OCH3 is 1. The van der Waals surface area contributed by atoms with Gasteiger partial charge in [-0.2, -0.15) is 0 Å². The predicted molar refractivity (Wildman–Crippen MR) is 79.0 cm³/mol. The fourth-order valence-electron chi connectivity index (χ4n) is 1.82. The Bertz CT molecular complexity index is 389. The van der Waals surface area contributed by atoms with E-state index in [0.29, 0.717) is 24.7 Å². The Morgan fingerprint density at radius 2 is 1.85 bits per heavy atom. The number of hydrogen-bond donors (Lipinski definition) is 1. The van der Waals surface area contributed by atoms with Crippen LogP contribution in [0.4, 0.5) is 5.95 Å². The number of carbonyl (C=O) groups is 1. The Labute approximate surface area is 120 Å². The van der Waals surface area contributed by atoms with Crippen molar-refractivity contribution in [1.29, 1.82) is 0 Å². The normalized spacial score (nSPS) is 10.3. The van der Waals surface area contributed by atoms with Gasteiger partial charge in [-0.3, -0.25) is 4.79 Å². The highest BCUT2D eigenvalue weighted by atomic mass is 16.5. The van der Waals surface area contributed by atoms with E-state index in [4.69, 9.17) is 4.74 Å². The van der Waals surface area contributed by atoms with Crippen molar-refractivity contribution < 1.29 is 9.53 Å². The molecule has 1 rings (SSSR count). The molecule has 1 heterocycles. The van der Waals surface area contributed by atoms with Crippen LogP contribution in [0.2, 0.25) is 0 Å². The molecule has 0 unspecified atom stereocenters. The summed E-state index contributed by atoms with van der Waals surface area (Å²) in [6.07, 6.45) is 5.23. The molecule has 0 spiro atoms. The van der Waals surface area contributed by atoms with Crippen LogP contribution in [0, 0.1) is 0 Å². The van der Waals surface area contributed by atoms with Crippen LogP contribution in [-0.4, -0.2) is 49.2 Å². The summed E-state index contributed by atoms with van der Waals surface area (Å²) in [5.74, 6) is 0.508. The van der Waals surface area contributed by atoms with Gasteiger partial charge in [-0.1, -0.05) is 13.8 Å². The fourth-order valence-corrected chi connectivity index (χ4v) is 1.82. The van der Waals surface area contributed by atoms with Gasteiger partial charge in [0.05, 0.1) is 12.2 Å². The van der Waals surface area contributed by atoms with Crippen LogP contribution >= 0.6 is 0 Å². The minimum absolute atomic E-state index is 0.175. The van der Waals surface area contributed by atoms with Gasteiger partial charge in [0.15, 0.2) is 0 Å². The maximum Gasteiger partial charge on any atom is 0.254 e. The molecule has 0 aromatic carbocycles. The maximum absolute atomic E-state index is 11.8. The number of rotatable bonds is 9. The molecule has 6 heteroatoms. The lowest BCUT2D eigenvalue weighted by molar-refractivity contribution is 0.0936. The molecule has 0 aliphatic carbocycles. The van der Waals surface area contributed by atoms with E-state index in [9.17, 15) is 4.79 Å². The molecular formula is C14H24N4O2. The molecule has 112 valence electrons. The second-order valence-corrected chi connectivity index (χ2v) is 4.51. The summed E-state index contributed by atoms with van der Waals surface area (Å²) < 4.78 is 4.88. The average Bonchev–Trinajstić information content (AvgIpc) is 2.47. The van der Waals surface area contributed by atoms with Crippen molar-refractivity contribution in [3.63, 3.8) is 0 Å². The smallest absolute Gasteiger partial charge is 0.254 e. The molecule has 1 aromatic rings. The third-order valence-electron chi connectivity index (χ3n) is 2.76. The summed E-state index contributed by atoms with van der Waals surface area (Å²) in [6.45, 7) is 7.07. The predicted octanol–water partition coefficient (Wildman–Crippen LogP) is 1.48. The lowest BCUT2D eigenvalue weighted by Gasteiger charge is -2.21. The molecule has 6 nitrogen and oxygen atoms in total. The van der Waals surface area contributed by atoms with E-state index in [1.807, 2.05) is 0 Å². The second-order valence-electron chi connectivity index (χ2n) is 4.51. The summed E-state index contributed by atoms with van der Waals surface area (Å²) in [5, 5.41) is 2.74. The van der Waals surface area contributed by atoms with Gasteiger partial charge in [0.2, 0.25) is 5.95 Å². The summed E-state index contributed by atoms with van der Waals surface area (Å²) >= 11 is 0. The van der Waals surface area contributed by atoms with Gasteiger partial charge in [-0.25, -0.2) is 9.97 Å². The molecule has 0 aliphatic rings. The molecule has 1 aromatic heterocycles. The summed E-state index contributed by atoms with van der Waals surface area (Å²) in [5.41, 5.74) is 0.470. The van der Waals surface area contributed by atoms with Crippen LogP contribution in [0.15, 0.2) is 12.4 Å². The number of nitrogens with zero attached hydrogens (tertiary/aromatic N) is 3. The van der Waals surface area contributed by atoms with Crippen LogP contribution in [0.5, 0.6) is 0 Å². The van der Waals surface area contributed by atoms with Crippen LogP contribution in [-0.2, 0) is 4.74 Å². The van der Waals surface area contributed by atoms with Crippen LogP contribution in [0.3, 0.4) is 0 Å². The van der Waals surface area contributed by atoms with Crippen molar-refractivity contribution >= 4 is 11.9 Å². The first-order valence-electron chi connectivity index (χ1n) is 7.07. The van der Waals surface area contributed by atoms with Crippen LogP contribution < -0.4 is 10.2 Å². The van der Waals surface area contributed by atoms with Gasteiger partial charge in [0.1, 0.15) is 0 Å². The molecule has 0 saturated heterocycles. The first-order chi connectivity index (χ1) is 9.72. The van der Waals surface area contributed by atoms with E-state index < -0.39 is 0 Å². The van der Waals surface area contributed by atoms with Crippen molar-refractivity contribution in [3.05, 3.63) is 18.0 Å². The van der Waals surface area contributed by atoms with Crippen LogP contribution in [0.25, 0.3) is 0 Å². The number of carbonyl (C=O) groups excluding carboxylic acids is 1. The summed E-state index contributed by atoms with van der Waals surface area (Å²) in [7, 11) is 1.60. The Balaban J connectivity index is 2.64. The zero-order valence-electron chi connectivity index (χ0n) is 12.6. The molecule has 0 bridgehead atoms. The Hall–Kier alpha value is -1.69. The first kappa shape index (κ1) is 16.4. The zero-order chi connectivity index (χ0) is 14.8. The largest absolute Gasteiger partial charge is 0.383 e. The Morgan fingerprint density at radius 3 is 2.35 bits per heavy atom. The SMILES string of the molecule is CCCN(CCC)c1ncc(C(=O)NCCOC)cn1. The third-order valence-corrected chi connectivity index (χ3v) is 2.76. The van der Waals surface area contributed by atoms with E-state index in [1.165, 1.54) is 0 Å². The Kier molecular flexibility index (Phi) is 7.57. The van der Waals surface area contributed by atoms with Crippen LogP contribution in [0.1, 0.15) is 37.0 Å². The van der Waals surface area contributed by atoms with E-state index in [1.54, 1.807) is 19.5 Å². The first-order valence-corrected chi connectivity index (χ1v) is 7.07. The molecule has 0 radical (unpaired) electrons. The zero-order valence-corrected chi connectivity index (χ0v) is 12.6. The van der Waals surface area contributed by atoms with Gasteiger partial charge in [0, 0.05) is 39.1 Å². The highest BCUT2D eigenvalue weighted by Crippen LogP contribution is 2.08. The molecule has 1 amide bonds. The van der Waals surface area contributed by atoms with Gasteiger partial charge in [0.25, 0.3) is 5.91 Å². The van der Waals surface area contributed by atoms with Crippen molar-refractivity contribution in [2.45, 2.75) is 26.7 Å². The lowest BCUT2D eigenvalue weighted by Crippen LogP contribution is -2.29. The highest BCUT2D eigenvalue weighted by Gasteiger charge is 2.10. The monoisotopic (exact) mass is 280 g/mol. The number of ether oxygens (including phenoxy) is 1. The van der Waals surface area contributed by atoms with Gasteiger partial charge in [-0.15, -0.1) is 0 Å². The van der Waals surface area contributed by atoms with Crippen molar-refractivity contribution in [3.8, 4) is 0 Å². The molecule has 0 fully saturated rings. The highest BCUT2D eigenvalue weighted by molar-refractivity contribution is 5.93. The number of hydrogen-bond acceptors (Lipinski definition) is 5. The molecule has 20 heavy (non-hydrogen) atoms. The van der Waals surface area contributed by atoms with Gasteiger partial charge >= 0.3 is 0 Å². The standard InChI is InChI=1S/C14H24N4O2/c1-4-7-18(8-5-2)14-16-10-12(11-17-14)13(19)15-6-9-20-3/h10-11H,4-9H2,1-3H3,(H,15,19).